The van der Waals surface area contributed by atoms with Gasteiger partial charge in [0.2, 0.25) is 0 Å². The van der Waals surface area contributed by atoms with E-state index in [1.165, 1.54) is 19.3 Å². The minimum atomic E-state index is 0.349. The summed E-state index contributed by atoms with van der Waals surface area (Å²) >= 11 is 6.71. The van der Waals surface area contributed by atoms with Crippen molar-refractivity contribution in [2.75, 3.05) is 0 Å². The highest BCUT2D eigenvalue weighted by Gasteiger charge is 1.93. The Morgan fingerprint density at radius 1 is 1.44 bits per heavy atom. The molecule has 0 aromatic heterocycles. The van der Waals surface area contributed by atoms with Crippen LogP contribution in [0.1, 0.15) is 26.2 Å². The van der Waals surface area contributed by atoms with E-state index >= 15 is 0 Å². The maximum Gasteiger partial charge on any atom is 0.322 e. The zero-order valence-electron chi connectivity index (χ0n) is 5.61. The number of rotatable bonds is 4. The molecule has 0 bridgehead atoms. The SMILES string of the molecule is CCCCC=CB(Br)Br. The molecular formula is C6H11BBr2. The van der Waals surface area contributed by atoms with Crippen LogP contribution in [-0.2, 0) is 0 Å². The van der Waals surface area contributed by atoms with Gasteiger partial charge in [-0.15, -0.1) is 31.5 Å². The Morgan fingerprint density at radius 3 is 2.56 bits per heavy atom. The predicted octanol–water partition coefficient (Wildman–Crippen LogP) is 3.55. The van der Waals surface area contributed by atoms with Crippen LogP contribution in [-0.4, -0.2) is 4.36 Å². The third-order valence-electron chi connectivity index (χ3n) is 1.01. The van der Waals surface area contributed by atoms with Crippen LogP contribution in [0.25, 0.3) is 0 Å². The quantitative estimate of drug-likeness (QED) is 0.531. The molecule has 0 aromatic rings. The van der Waals surface area contributed by atoms with Gasteiger partial charge in [0.25, 0.3) is 0 Å². The highest BCUT2D eigenvalue weighted by molar-refractivity contribution is 9.49. The topological polar surface area (TPSA) is 0 Å². The standard InChI is InChI=1S/C6H11BBr2/c1-2-3-4-5-6-7(8)9/h5-6H,2-4H2,1H3. The smallest absolute Gasteiger partial charge is 0.133 e. The summed E-state index contributed by atoms with van der Waals surface area (Å²) in [5.41, 5.74) is 0. The average molecular weight is 254 g/mol. The molecule has 9 heavy (non-hydrogen) atoms. The second-order valence-corrected chi connectivity index (χ2v) is 5.11. The molecule has 3 heteroatoms. The first-order valence-corrected chi connectivity index (χ1v) is 5.05. The molecule has 0 saturated carbocycles. The van der Waals surface area contributed by atoms with Gasteiger partial charge in [0.1, 0.15) is 0 Å². The molecule has 0 rings (SSSR count). The van der Waals surface area contributed by atoms with Crippen molar-refractivity contribution in [2.45, 2.75) is 26.2 Å². The summed E-state index contributed by atoms with van der Waals surface area (Å²) in [5, 5.41) is 0. The summed E-state index contributed by atoms with van der Waals surface area (Å²) in [6, 6.07) is 0. The van der Waals surface area contributed by atoms with E-state index in [0.29, 0.717) is 4.36 Å². The molecule has 0 atom stereocenters. The van der Waals surface area contributed by atoms with Crippen LogP contribution in [0.2, 0.25) is 0 Å². The highest BCUT2D eigenvalue weighted by atomic mass is 79.9. The third kappa shape index (κ3) is 8.76. The van der Waals surface area contributed by atoms with Gasteiger partial charge in [-0.25, -0.2) is 0 Å². The number of unbranched alkanes of at least 4 members (excludes halogenated alkanes) is 2. The maximum atomic E-state index is 3.36. The van der Waals surface area contributed by atoms with E-state index in [0.717, 1.165) is 0 Å². The Kier molecular flexibility index (Phi) is 7.46. The largest absolute Gasteiger partial charge is 0.322 e. The maximum absolute atomic E-state index is 3.36. The molecular weight excluding hydrogens is 243 g/mol. The minimum Gasteiger partial charge on any atom is -0.133 e. The molecule has 0 radical (unpaired) electrons. The fourth-order valence-corrected chi connectivity index (χ4v) is 0.953. The lowest BCUT2D eigenvalue weighted by molar-refractivity contribution is 0.815. The second-order valence-electron chi connectivity index (χ2n) is 1.90. The Hall–Kier alpha value is 0.765. The summed E-state index contributed by atoms with van der Waals surface area (Å²) in [6.45, 7) is 2.20. The molecule has 0 aromatic carbocycles. The molecule has 0 saturated heterocycles. The molecule has 0 aliphatic heterocycles. The molecule has 0 N–H and O–H groups in total. The zero-order chi connectivity index (χ0) is 7.11. The number of halogens is 2. The lowest BCUT2D eigenvalue weighted by Gasteiger charge is -1.87. The van der Waals surface area contributed by atoms with Gasteiger partial charge in [-0.05, 0) is 6.42 Å². The average Bonchev–Trinajstić information content (AvgIpc) is 1.80. The molecule has 0 fully saturated rings. The highest BCUT2D eigenvalue weighted by Crippen LogP contribution is 2.04. The van der Waals surface area contributed by atoms with Crippen LogP contribution in [0.4, 0.5) is 0 Å². The Bertz CT molecular complexity index is 81.1. The number of hydrogen-bond donors (Lipinski definition) is 0. The first-order chi connectivity index (χ1) is 4.27. The molecule has 0 aliphatic carbocycles. The fraction of sp³-hybridized carbons (Fsp3) is 0.667. The van der Waals surface area contributed by atoms with E-state index in [1.807, 2.05) is 0 Å². The number of hydrogen-bond acceptors (Lipinski definition) is 0. The lowest BCUT2D eigenvalue weighted by Crippen LogP contribution is -1.80. The Labute approximate surface area is 74.1 Å². The number of allylic oxidation sites excluding steroid dienone is 1. The molecule has 0 aliphatic rings. The fourth-order valence-electron chi connectivity index (χ4n) is 0.521. The van der Waals surface area contributed by atoms with Crippen molar-refractivity contribution in [1.29, 1.82) is 0 Å². The Balaban J connectivity index is 3.04. The van der Waals surface area contributed by atoms with Crippen molar-refractivity contribution < 1.29 is 0 Å². The van der Waals surface area contributed by atoms with Crippen molar-refractivity contribution in [2.24, 2.45) is 0 Å². The summed E-state index contributed by atoms with van der Waals surface area (Å²) in [7, 11) is 0. The molecule has 0 nitrogen and oxygen atoms in total. The normalized spacial score (nSPS) is 10.6. The van der Waals surface area contributed by atoms with Crippen LogP contribution < -0.4 is 0 Å². The van der Waals surface area contributed by atoms with Crippen molar-refractivity contribution in [3.63, 3.8) is 0 Å². The van der Waals surface area contributed by atoms with E-state index in [4.69, 9.17) is 0 Å². The summed E-state index contributed by atoms with van der Waals surface area (Å²) in [4.78, 5) is 0. The minimum absolute atomic E-state index is 0.349. The lowest BCUT2D eigenvalue weighted by atomic mass is 10.1. The first kappa shape index (κ1) is 9.76. The zero-order valence-corrected chi connectivity index (χ0v) is 8.78. The molecule has 0 unspecified atom stereocenters. The van der Waals surface area contributed by atoms with E-state index in [9.17, 15) is 0 Å². The van der Waals surface area contributed by atoms with Crippen LogP contribution in [0, 0.1) is 0 Å². The molecule has 0 spiro atoms. The van der Waals surface area contributed by atoms with Gasteiger partial charge < -0.3 is 0 Å². The van der Waals surface area contributed by atoms with Gasteiger partial charge in [-0.2, -0.15) is 0 Å². The molecule has 52 valence electrons. The summed E-state index contributed by atoms with van der Waals surface area (Å²) in [5.74, 6) is 2.11. The molecule has 0 amide bonds. The van der Waals surface area contributed by atoms with Crippen LogP contribution in [0.5, 0.6) is 0 Å². The van der Waals surface area contributed by atoms with Gasteiger partial charge in [-0.1, -0.05) is 31.8 Å². The predicted molar refractivity (Wildman–Crippen MR) is 52.3 cm³/mol. The van der Waals surface area contributed by atoms with Crippen molar-refractivity contribution in [1.82, 2.24) is 0 Å². The van der Waals surface area contributed by atoms with Gasteiger partial charge in [0.05, 0.1) is 0 Å². The van der Waals surface area contributed by atoms with Crippen molar-refractivity contribution in [3.8, 4) is 0 Å². The Morgan fingerprint density at radius 2 is 2.11 bits per heavy atom. The van der Waals surface area contributed by atoms with Gasteiger partial charge in [0, 0.05) is 0 Å². The van der Waals surface area contributed by atoms with Gasteiger partial charge >= 0.3 is 4.36 Å². The van der Waals surface area contributed by atoms with Gasteiger partial charge in [0.15, 0.2) is 0 Å². The molecule has 0 heterocycles. The summed E-state index contributed by atoms with van der Waals surface area (Å²) < 4.78 is 0.349. The van der Waals surface area contributed by atoms with Crippen LogP contribution >= 0.6 is 31.5 Å². The van der Waals surface area contributed by atoms with E-state index < -0.39 is 0 Å². The van der Waals surface area contributed by atoms with Crippen LogP contribution in [0.15, 0.2) is 12.1 Å². The van der Waals surface area contributed by atoms with Crippen molar-refractivity contribution in [3.05, 3.63) is 12.1 Å². The van der Waals surface area contributed by atoms with Crippen LogP contribution in [0.3, 0.4) is 0 Å². The van der Waals surface area contributed by atoms with Gasteiger partial charge in [-0.3, -0.25) is 0 Å². The summed E-state index contributed by atoms with van der Waals surface area (Å²) in [6.07, 6.45) is 5.96. The van der Waals surface area contributed by atoms with E-state index in [2.05, 4.69) is 50.5 Å². The van der Waals surface area contributed by atoms with E-state index in [-0.39, 0.29) is 0 Å². The monoisotopic (exact) mass is 252 g/mol. The van der Waals surface area contributed by atoms with Crippen molar-refractivity contribution >= 4 is 35.9 Å². The van der Waals surface area contributed by atoms with E-state index in [1.54, 1.807) is 0 Å². The third-order valence-corrected chi connectivity index (χ3v) is 1.62. The second kappa shape index (κ2) is 6.88. The first-order valence-electron chi connectivity index (χ1n) is 3.22.